The van der Waals surface area contributed by atoms with Gasteiger partial charge in [0.2, 0.25) is 0 Å². The van der Waals surface area contributed by atoms with Crippen molar-refractivity contribution in [3.63, 3.8) is 0 Å². The molecule has 0 bridgehead atoms. The molecule has 19 heteroatoms. The normalized spacial score (nSPS) is 14.5. The molecule has 2 aromatic carbocycles. The highest BCUT2D eigenvalue weighted by atomic mass is 35.5. The minimum atomic E-state index is -0.549. The number of rotatable bonds is 5. The summed E-state index contributed by atoms with van der Waals surface area (Å²) < 4.78 is 7.23. The molecular weight excluding hydrogens is 914 g/mol. The van der Waals surface area contributed by atoms with Gasteiger partial charge in [-0.25, -0.2) is 29.5 Å². The number of aromatic nitrogens is 10. The summed E-state index contributed by atoms with van der Waals surface area (Å²) in [6, 6.07) is 21.0. The number of imidazole rings is 2. The lowest BCUT2D eigenvalue weighted by Gasteiger charge is -2.24. The Kier molecular flexibility index (Phi) is 13.9. The quantitative estimate of drug-likeness (QED) is 0.159. The third kappa shape index (κ3) is 9.34. The van der Waals surface area contributed by atoms with E-state index in [0.29, 0.717) is 55.4 Å². The molecule has 10 rings (SSSR count). The monoisotopic (exact) mass is 956 g/mol. The minimum Gasteiger partial charge on any atom is -0.393 e. The standard InChI is InChI=1S/C23H21Cl2N5O2.C17H11Cl2N5O2.C6H12O/c1-28-22(31)18-21(30(23(28)32)15-6-3-2-4-7-15)27-20(17-8-5-13-26-19(17)25)29(18)16-11-9-14(24)10-12-16;1-23-16(25)12-14(22-17(23)26)21-15(11-3-2-8-20-13(11)19)24(12)10-6-4-9(18)5-7-10;7-6-4-2-1-3-5-6/h5,8-13,15H,2-4,6-7H2,1H3;2-8H,1H3,(H,22,26);6-7H,1-5H2. The summed E-state index contributed by atoms with van der Waals surface area (Å²) in [7, 11) is 2.91. The van der Waals surface area contributed by atoms with Crippen LogP contribution in [0.5, 0.6) is 0 Å². The number of nitrogens with zero attached hydrogens (tertiary/aromatic N) is 9. The van der Waals surface area contributed by atoms with Crippen LogP contribution in [0.4, 0.5) is 0 Å². The number of hydrogen-bond donors (Lipinski definition) is 2. The molecular formula is C46H44Cl4N10O5. The van der Waals surface area contributed by atoms with E-state index in [0.717, 1.165) is 49.5 Å². The highest BCUT2D eigenvalue weighted by Gasteiger charge is 2.28. The van der Waals surface area contributed by atoms with E-state index in [1.807, 2.05) is 12.1 Å². The molecule has 0 atom stereocenters. The van der Waals surface area contributed by atoms with E-state index in [4.69, 9.17) is 56.5 Å². The Hall–Kier alpha value is -5.84. The summed E-state index contributed by atoms with van der Waals surface area (Å²) >= 11 is 24.7. The van der Waals surface area contributed by atoms with Crippen LogP contribution in [0.3, 0.4) is 0 Å². The van der Waals surface area contributed by atoms with Gasteiger partial charge in [-0.2, -0.15) is 0 Å². The van der Waals surface area contributed by atoms with Crippen LogP contribution >= 0.6 is 46.4 Å². The fourth-order valence-corrected chi connectivity index (χ4v) is 8.97. The number of nitrogens with one attached hydrogen (secondary N) is 1. The zero-order chi connectivity index (χ0) is 45.9. The van der Waals surface area contributed by atoms with Crippen molar-refractivity contribution in [2.75, 3.05) is 0 Å². The topological polar surface area (TPSA) is 181 Å². The maximum Gasteiger partial charge on any atom is 0.332 e. The number of halogens is 4. The predicted molar refractivity (Wildman–Crippen MR) is 255 cm³/mol. The van der Waals surface area contributed by atoms with E-state index in [-0.39, 0.29) is 39.3 Å². The number of aromatic amines is 1. The van der Waals surface area contributed by atoms with Gasteiger partial charge in [0.15, 0.2) is 34.0 Å². The first-order valence-electron chi connectivity index (χ1n) is 21.2. The second kappa shape index (κ2) is 19.7. The molecule has 65 heavy (non-hydrogen) atoms. The lowest BCUT2D eigenvalue weighted by molar-refractivity contribution is 0.130. The van der Waals surface area contributed by atoms with Gasteiger partial charge in [-0.05, 0) is 98.5 Å². The van der Waals surface area contributed by atoms with E-state index in [1.165, 1.54) is 37.9 Å². The van der Waals surface area contributed by atoms with Crippen LogP contribution in [-0.2, 0) is 14.1 Å². The van der Waals surface area contributed by atoms with Gasteiger partial charge in [0.25, 0.3) is 11.1 Å². The first-order chi connectivity index (χ1) is 31.3. The Balaban J connectivity index is 0.000000156. The summed E-state index contributed by atoms with van der Waals surface area (Å²) in [5.74, 6) is 0.840. The van der Waals surface area contributed by atoms with Crippen LogP contribution in [0.15, 0.2) is 104 Å². The number of benzene rings is 2. The lowest BCUT2D eigenvalue weighted by Crippen LogP contribution is -2.40. The molecule has 15 nitrogen and oxygen atoms in total. The van der Waals surface area contributed by atoms with E-state index >= 15 is 0 Å². The summed E-state index contributed by atoms with van der Waals surface area (Å²) in [5, 5.41) is 10.5. The smallest absolute Gasteiger partial charge is 0.332 e. The molecule has 0 spiro atoms. The molecule has 2 aliphatic rings. The number of hydrogen-bond acceptors (Lipinski definition) is 9. The van der Waals surface area contributed by atoms with Crippen LogP contribution in [0, 0.1) is 0 Å². The van der Waals surface area contributed by atoms with Gasteiger partial charge in [0.1, 0.15) is 10.3 Å². The molecule has 6 aromatic heterocycles. The van der Waals surface area contributed by atoms with Crippen LogP contribution in [0.2, 0.25) is 20.4 Å². The first kappa shape index (κ1) is 45.7. The van der Waals surface area contributed by atoms with Crippen molar-refractivity contribution in [1.82, 2.24) is 47.8 Å². The zero-order valence-electron chi connectivity index (χ0n) is 35.4. The Morgan fingerprint density at radius 2 is 1.08 bits per heavy atom. The molecule has 336 valence electrons. The van der Waals surface area contributed by atoms with Crippen LogP contribution in [0.25, 0.3) is 56.5 Å². The second-order valence-electron chi connectivity index (χ2n) is 15.9. The molecule has 0 radical (unpaired) electrons. The SMILES string of the molecule is Cn1c(=O)[nH]c2nc(-c3cccnc3Cl)n(-c3ccc(Cl)cc3)c2c1=O.Cn1c(=O)c2c(nc(-c3cccnc3Cl)n2-c2ccc(Cl)cc2)n(C2CCCCC2)c1=O.OC1CCCCC1. The number of aliphatic hydroxyl groups excluding tert-OH is 1. The van der Waals surface area contributed by atoms with Crippen molar-refractivity contribution in [2.24, 2.45) is 14.1 Å². The minimum absolute atomic E-state index is 0.00339. The van der Waals surface area contributed by atoms with Crippen LogP contribution in [-0.4, -0.2) is 59.0 Å². The maximum atomic E-state index is 13.4. The number of aliphatic hydroxyl groups is 1. The molecule has 8 aromatic rings. The molecule has 6 heterocycles. The highest BCUT2D eigenvalue weighted by Crippen LogP contribution is 2.34. The third-order valence-corrected chi connectivity index (χ3v) is 12.8. The molecule has 0 unspecified atom stereocenters. The van der Waals surface area contributed by atoms with E-state index in [9.17, 15) is 19.2 Å². The van der Waals surface area contributed by atoms with Gasteiger partial charge in [0, 0.05) is 54.0 Å². The molecule has 2 saturated carbocycles. The molecule has 0 amide bonds. The van der Waals surface area contributed by atoms with E-state index < -0.39 is 16.8 Å². The van der Waals surface area contributed by atoms with Crippen molar-refractivity contribution >= 4 is 68.7 Å². The maximum absolute atomic E-state index is 13.4. The summed E-state index contributed by atoms with van der Waals surface area (Å²) in [5.41, 5.74) is 1.76. The van der Waals surface area contributed by atoms with Crippen LogP contribution in [0.1, 0.15) is 70.3 Å². The average molecular weight is 959 g/mol. The van der Waals surface area contributed by atoms with Crippen molar-refractivity contribution in [1.29, 1.82) is 0 Å². The molecule has 0 aliphatic heterocycles. The first-order valence-corrected chi connectivity index (χ1v) is 22.7. The van der Waals surface area contributed by atoms with Gasteiger partial charge < -0.3 is 5.11 Å². The Bertz CT molecular complexity index is 3250. The van der Waals surface area contributed by atoms with Gasteiger partial charge >= 0.3 is 11.4 Å². The summed E-state index contributed by atoms with van der Waals surface area (Å²) in [4.78, 5) is 71.5. The highest BCUT2D eigenvalue weighted by molar-refractivity contribution is 6.32. The summed E-state index contributed by atoms with van der Waals surface area (Å²) in [6.45, 7) is 0. The average Bonchev–Trinajstić information content (AvgIpc) is 3.89. The third-order valence-electron chi connectivity index (χ3n) is 11.7. The van der Waals surface area contributed by atoms with E-state index in [1.54, 1.807) is 86.8 Å². The predicted octanol–water partition coefficient (Wildman–Crippen LogP) is 8.85. The van der Waals surface area contributed by atoms with Gasteiger partial charge in [0.05, 0.1) is 17.2 Å². The van der Waals surface area contributed by atoms with Crippen molar-refractivity contribution in [2.45, 2.75) is 76.4 Å². The van der Waals surface area contributed by atoms with Gasteiger partial charge in [-0.15, -0.1) is 0 Å². The number of H-pyrrole nitrogens is 1. The van der Waals surface area contributed by atoms with Gasteiger partial charge in [-0.1, -0.05) is 84.9 Å². The molecule has 2 fully saturated rings. The van der Waals surface area contributed by atoms with E-state index in [2.05, 4.69) is 19.9 Å². The lowest BCUT2D eigenvalue weighted by atomic mass is 9.95. The number of pyridine rings is 2. The Morgan fingerprint density at radius 1 is 0.600 bits per heavy atom. The summed E-state index contributed by atoms with van der Waals surface area (Å²) in [6.07, 6.45) is 14.1. The van der Waals surface area contributed by atoms with Crippen LogP contribution < -0.4 is 22.5 Å². The van der Waals surface area contributed by atoms with Crippen molar-refractivity contribution in [3.8, 4) is 34.2 Å². The molecule has 2 aliphatic carbocycles. The zero-order valence-corrected chi connectivity index (χ0v) is 38.4. The second-order valence-corrected chi connectivity index (χ2v) is 17.5. The van der Waals surface area contributed by atoms with Gasteiger partial charge in [-0.3, -0.25) is 37.4 Å². The Morgan fingerprint density at radius 3 is 1.57 bits per heavy atom. The molecule has 2 N–H and O–H groups in total. The van der Waals surface area contributed by atoms with Crippen molar-refractivity contribution in [3.05, 3.63) is 147 Å². The molecule has 0 saturated heterocycles. The largest absolute Gasteiger partial charge is 0.393 e. The number of fused-ring (bicyclic) bond motifs is 2. The fraction of sp³-hybridized carbons (Fsp3) is 0.304. The van der Waals surface area contributed by atoms with Crippen molar-refractivity contribution < 1.29 is 5.11 Å². The fourth-order valence-electron chi connectivity index (χ4n) is 8.31. The Labute approximate surface area is 391 Å².